The second-order valence-corrected chi connectivity index (χ2v) is 5.19. The van der Waals surface area contributed by atoms with E-state index in [0.717, 1.165) is 17.1 Å². The fraction of sp³-hybridized carbons (Fsp3) is 0.353. The number of rotatable bonds is 6. The minimum Gasteiger partial charge on any atom is -0.462 e. The van der Waals surface area contributed by atoms with E-state index in [1.54, 1.807) is 23.8 Å². The number of ether oxygens (including phenoxy) is 1. The van der Waals surface area contributed by atoms with Crippen molar-refractivity contribution in [1.82, 2.24) is 14.9 Å². The molecule has 0 aliphatic heterocycles. The summed E-state index contributed by atoms with van der Waals surface area (Å²) in [6.45, 7) is 6.30. The van der Waals surface area contributed by atoms with Gasteiger partial charge in [-0.2, -0.15) is 0 Å². The first-order chi connectivity index (χ1) is 11.0. The maximum absolute atomic E-state index is 12.1. The van der Waals surface area contributed by atoms with Crippen molar-refractivity contribution in [2.24, 2.45) is 0 Å². The molecule has 1 N–H and O–H groups in total. The molecule has 0 unspecified atom stereocenters. The van der Waals surface area contributed by atoms with Crippen molar-refractivity contribution in [2.45, 2.75) is 33.9 Å². The molecule has 0 bridgehead atoms. The van der Waals surface area contributed by atoms with Crippen molar-refractivity contribution >= 4 is 11.9 Å². The number of aryl methyl sites for hydroxylation is 1. The summed E-state index contributed by atoms with van der Waals surface area (Å²) in [5.41, 5.74) is 2.88. The van der Waals surface area contributed by atoms with E-state index in [0.29, 0.717) is 18.7 Å². The summed E-state index contributed by atoms with van der Waals surface area (Å²) in [7, 11) is 0. The van der Waals surface area contributed by atoms with Gasteiger partial charge in [0.05, 0.1) is 24.4 Å². The average molecular weight is 315 g/mol. The average Bonchev–Trinajstić information content (AvgIpc) is 2.82. The largest absolute Gasteiger partial charge is 0.462 e. The molecule has 0 atom stereocenters. The number of carbonyl (C=O) groups excluding carboxylic acids is 2. The first-order valence-corrected chi connectivity index (χ1v) is 7.53. The molecule has 0 radical (unpaired) electrons. The molecular formula is C17H21N3O3. The molecule has 122 valence electrons. The van der Waals surface area contributed by atoms with Gasteiger partial charge in [0.15, 0.2) is 0 Å². The van der Waals surface area contributed by atoms with Gasteiger partial charge in [0, 0.05) is 17.6 Å². The predicted molar refractivity (Wildman–Crippen MR) is 85.9 cm³/mol. The summed E-state index contributed by atoms with van der Waals surface area (Å²) in [4.78, 5) is 28.2. The lowest BCUT2D eigenvalue weighted by atomic mass is 10.2. The summed E-state index contributed by atoms with van der Waals surface area (Å²) in [5, 5.41) is 2.83. The summed E-state index contributed by atoms with van der Waals surface area (Å²) in [6, 6.07) is 7.31. The number of pyridine rings is 1. The third kappa shape index (κ3) is 4.18. The van der Waals surface area contributed by atoms with Gasteiger partial charge >= 0.3 is 5.97 Å². The van der Waals surface area contributed by atoms with Gasteiger partial charge in [-0.1, -0.05) is 6.07 Å². The summed E-state index contributed by atoms with van der Waals surface area (Å²) < 4.78 is 6.83. The molecule has 6 heteroatoms. The standard InChI is InChI=1S/C17H21N3O3/c1-4-23-17(22)15-9-12(2)20(13(15)3)11-16(21)19-10-14-7-5-6-8-18-14/h5-9H,4,10-11H2,1-3H3,(H,19,21). The molecule has 0 saturated heterocycles. The van der Waals surface area contributed by atoms with E-state index in [4.69, 9.17) is 4.74 Å². The Balaban J connectivity index is 2.02. The molecule has 0 saturated carbocycles. The third-order valence-electron chi connectivity index (χ3n) is 3.56. The van der Waals surface area contributed by atoms with Gasteiger partial charge in [-0.15, -0.1) is 0 Å². The molecule has 2 heterocycles. The number of esters is 1. The summed E-state index contributed by atoms with van der Waals surface area (Å²) >= 11 is 0. The van der Waals surface area contributed by atoms with Crippen LogP contribution in [0.15, 0.2) is 30.5 Å². The van der Waals surface area contributed by atoms with Crippen LogP contribution in [0.2, 0.25) is 0 Å². The molecule has 6 nitrogen and oxygen atoms in total. The lowest BCUT2D eigenvalue weighted by molar-refractivity contribution is -0.121. The summed E-state index contributed by atoms with van der Waals surface area (Å²) in [5.74, 6) is -0.492. The zero-order valence-electron chi connectivity index (χ0n) is 13.6. The molecule has 0 aliphatic rings. The second-order valence-electron chi connectivity index (χ2n) is 5.19. The van der Waals surface area contributed by atoms with Crippen LogP contribution in [-0.4, -0.2) is 28.0 Å². The van der Waals surface area contributed by atoms with E-state index in [9.17, 15) is 9.59 Å². The van der Waals surface area contributed by atoms with Crippen molar-refractivity contribution in [1.29, 1.82) is 0 Å². The Hall–Kier alpha value is -2.63. The number of nitrogens with zero attached hydrogens (tertiary/aromatic N) is 2. The van der Waals surface area contributed by atoms with Crippen molar-refractivity contribution in [3.8, 4) is 0 Å². The molecule has 0 aliphatic carbocycles. The Morgan fingerprint density at radius 3 is 2.74 bits per heavy atom. The van der Waals surface area contributed by atoms with Gasteiger partial charge in [0.1, 0.15) is 6.54 Å². The number of carbonyl (C=O) groups is 2. The number of amides is 1. The van der Waals surface area contributed by atoms with E-state index in [2.05, 4.69) is 10.3 Å². The highest BCUT2D eigenvalue weighted by molar-refractivity contribution is 5.91. The van der Waals surface area contributed by atoms with Crippen LogP contribution in [0.5, 0.6) is 0 Å². The van der Waals surface area contributed by atoms with E-state index >= 15 is 0 Å². The number of nitrogens with one attached hydrogen (secondary N) is 1. The fourth-order valence-electron chi connectivity index (χ4n) is 2.35. The molecule has 2 aromatic rings. The number of aromatic nitrogens is 2. The van der Waals surface area contributed by atoms with Crippen LogP contribution in [0, 0.1) is 13.8 Å². The molecule has 0 spiro atoms. The minimum atomic E-state index is -0.360. The Labute approximate surface area is 135 Å². The lowest BCUT2D eigenvalue weighted by Crippen LogP contribution is -2.28. The molecule has 2 aromatic heterocycles. The quantitative estimate of drug-likeness (QED) is 0.827. The van der Waals surface area contributed by atoms with Crippen molar-refractivity contribution < 1.29 is 14.3 Å². The SMILES string of the molecule is CCOC(=O)c1cc(C)n(CC(=O)NCc2ccccn2)c1C. The highest BCUT2D eigenvalue weighted by Crippen LogP contribution is 2.16. The third-order valence-corrected chi connectivity index (χ3v) is 3.56. The number of hydrogen-bond donors (Lipinski definition) is 1. The maximum Gasteiger partial charge on any atom is 0.339 e. The molecule has 1 amide bonds. The van der Waals surface area contributed by atoms with Crippen LogP contribution >= 0.6 is 0 Å². The van der Waals surface area contributed by atoms with Gasteiger partial charge in [0.2, 0.25) is 5.91 Å². The van der Waals surface area contributed by atoms with Crippen LogP contribution in [0.4, 0.5) is 0 Å². The normalized spacial score (nSPS) is 10.4. The first kappa shape index (κ1) is 16.7. The predicted octanol–water partition coefficient (Wildman–Crippen LogP) is 1.99. The second kappa shape index (κ2) is 7.58. The number of hydrogen-bond acceptors (Lipinski definition) is 4. The monoisotopic (exact) mass is 315 g/mol. The highest BCUT2D eigenvalue weighted by atomic mass is 16.5. The van der Waals surface area contributed by atoms with Crippen LogP contribution in [-0.2, 0) is 22.6 Å². The molecular weight excluding hydrogens is 294 g/mol. The maximum atomic E-state index is 12.1. The van der Waals surface area contributed by atoms with E-state index in [-0.39, 0.29) is 18.4 Å². The zero-order chi connectivity index (χ0) is 16.8. The van der Waals surface area contributed by atoms with Crippen LogP contribution in [0.1, 0.15) is 34.4 Å². The van der Waals surface area contributed by atoms with E-state index in [1.807, 2.05) is 32.0 Å². The van der Waals surface area contributed by atoms with Crippen molar-refractivity contribution in [3.63, 3.8) is 0 Å². The summed E-state index contributed by atoms with van der Waals surface area (Å²) in [6.07, 6.45) is 1.69. The van der Waals surface area contributed by atoms with Gasteiger partial charge in [0.25, 0.3) is 0 Å². The van der Waals surface area contributed by atoms with Gasteiger partial charge in [-0.25, -0.2) is 4.79 Å². The molecule has 0 fully saturated rings. The molecule has 2 rings (SSSR count). The fourth-order valence-corrected chi connectivity index (χ4v) is 2.35. The first-order valence-electron chi connectivity index (χ1n) is 7.53. The van der Waals surface area contributed by atoms with Gasteiger partial charge < -0.3 is 14.6 Å². The van der Waals surface area contributed by atoms with Crippen molar-refractivity contribution in [3.05, 3.63) is 53.1 Å². The van der Waals surface area contributed by atoms with Crippen LogP contribution in [0.25, 0.3) is 0 Å². The Morgan fingerprint density at radius 1 is 1.30 bits per heavy atom. The van der Waals surface area contributed by atoms with Gasteiger partial charge in [-0.3, -0.25) is 9.78 Å². The van der Waals surface area contributed by atoms with Crippen molar-refractivity contribution in [2.75, 3.05) is 6.61 Å². The molecule has 0 aromatic carbocycles. The smallest absolute Gasteiger partial charge is 0.339 e. The van der Waals surface area contributed by atoms with E-state index < -0.39 is 0 Å². The minimum absolute atomic E-state index is 0.132. The van der Waals surface area contributed by atoms with E-state index in [1.165, 1.54) is 0 Å². The van der Waals surface area contributed by atoms with Crippen LogP contribution in [0.3, 0.4) is 0 Å². The topological polar surface area (TPSA) is 73.2 Å². The lowest BCUT2D eigenvalue weighted by Gasteiger charge is -2.10. The Bertz CT molecular complexity index is 693. The zero-order valence-corrected chi connectivity index (χ0v) is 13.6. The Kier molecular flexibility index (Phi) is 5.51. The molecule has 23 heavy (non-hydrogen) atoms. The Morgan fingerprint density at radius 2 is 2.09 bits per heavy atom. The van der Waals surface area contributed by atoms with Gasteiger partial charge in [-0.05, 0) is 39.0 Å². The van der Waals surface area contributed by atoms with Crippen LogP contribution < -0.4 is 5.32 Å². The highest BCUT2D eigenvalue weighted by Gasteiger charge is 2.17.